The molecule has 6 nitrogen and oxygen atoms in total. The van der Waals surface area contributed by atoms with Crippen LogP contribution in [0.1, 0.15) is 30.7 Å². The van der Waals surface area contributed by atoms with Crippen LogP contribution in [0, 0.1) is 0 Å². The number of piperidine rings is 1. The lowest BCUT2D eigenvalue weighted by molar-refractivity contribution is 0.231. The molecular weight excluding hydrogens is 310 g/mol. The number of amides is 2. The highest BCUT2D eigenvalue weighted by atomic mass is 32.1. The Bertz CT molecular complexity index is 611. The van der Waals surface area contributed by atoms with Gasteiger partial charge in [0.25, 0.3) is 0 Å². The molecule has 0 unspecified atom stereocenters. The molecule has 3 rings (SSSR count). The molecule has 1 aliphatic heterocycles. The lowest BCUT2D eigenvalue weighted by Gasteiger charge is -2.32. The predicted molar refractivity (Wildman–Crippen MR) is 91.7 cm³/mol. The molecule has 3 heterocycles. The SMILES string of the molecule is C[C@H](NC(=O)NC1CCN(c2ncccn2)CC1)c1cccs1. The summed E-state index contributed by atoms with van der Waals surface area (Å²) in [6.07, 6.45) is 5.32. The van der Waals surface area contributed by atoms with Crippen molar-refractivity contribution in [3.63, 3.8) is 0 Å². The molecule has 2 N–H and O–H groups in total. The van der Waals surface area contributed by atoms with Gasteiger partial charge in [0.05, 0.1) is 6.04 Å². The second-order valence-electron chi connectivity index (χ2n) is 5.67. The van der Waals surface area contributed by atoms with Crippen LogP contribution in [0.3, 0.4) is 0 Å². The molecule has 0 spiro atoms. The third-order valence-electron chi connectivity index (χ3n) is 3.98. The quantitative estimate of drug-likeness (QED) is 0.903. The van der Waals surface area contributed by atoms with Crippen LogP contribution in [0.25, 0.3) is 0 Å². The average Bonchev–Trinajstić information content (AvgIpc) is 3.11. The minimum atomic E-state index is -0.0969. The van der Waals surface area contributed by atoms with E-state index in [1.165, 1.54) is 0 Å². The zero-order valence-electron chi connectivity index (χ0n) is 13.1. The van der Waals surface area contributed by atoms with Crippen molar-refractivity contribution in [2.24, 2.45) is 0 Å². The standard InChI is InChI=1S/C16H21N5OS/c1-12(14-4-2-11-23-14)19-16(22)20-13-5-9-21(10-6-13)15-17-7-3-8-18-15/h2-4,7-8,11-13H,5-6,9-10H2,1H3,(H2,19,20,22)/t12-/m0/s1. The van der Waals surface area contributed by atoms with Crippen molar-refractivity contribution in [1.29, 1.82) is 0 Å². The van der Waals surface area contributed by atoms with Gasteiger partial charge in [-0.1, -0.05) is 6.07 Å². The molecule has 1 aliphatic rings. The van der Waals surface area contributed by atoms with E-state index < -0.39 is 0 Å². The minimum Gasteiger partial charge on any atom is -0.341 e. The molecule has 1 saturated heterocycles. The number of thiophene rings is 1. The number of hydrogen-bond donors (Lipinski definition) is 2. The normalized spacial score (nSPS) is 16.8. The molecule has 122 valence electrons. The molecule has 1 atom stereocenters. The van der Waals surface area contributed by atoms with Gasteiger partial charge in [-0.05, 0) is 37.3 Å². The van der Waals surface area contributed by atoms with E-state index in [1.54, 1.807) is 23.7 Å². The van der Waals surface area contributed by atoms with E-state index in [0.717, 1.165) is 36.8 Å². The zero-order valence-corrected chi connectivity index (χ0v) is 13.9. The van der Waals surface area contributed by atoms with Gasteiger partial charge in [-0.15, -0.1) is 11.3 Å². The Balaban J connectivity index is 1.44. The molecule has 1 fully saturated rings. The summed E-state index contributed by atoms with van der Waals surface area (Å²) in [5, 5.41) is 8.09. The van der Waals surface area contributed by atoms with Crippen molar-refractivity contribution in [1.82, 2.24) is 20.6 Å². The van der Waals surface area contributed by atoms with Crippen molar-refractivity contribution in [2.75, 3.05) is 18.0 Å². The first kappa shape index (κ1) is 15.7. The summed E-state index contributed by atoms with van der Waals surface area (Å²) in [5.41, 5.74) is 0. The van der Waals surface area contributed by atoms with Crippen LogP contribution in [-0.4, -0.2) is 35.1 Å². The van der Waals surface area contributed by atoms with Crippen molar-refractivity contribution in [3.05, 3.63) is 40.8 Å². The second kappa shape index (κ2) is 7.41. The molecular formula is C16H21N5OS. The smallest absolute Gasteiger partial charge is 0.315 e. The van der Waals surface area contributed by atoms with E-state index in [9.17, 15) is 4.79 Å². The first-order valence-electron chi connectivity index (χ1n) is 7.85. The summed E-state index contributed by atoms with van der Waals surface area (Å²) in [6.45, 7) is 3.71. The Labute approximate surface area is 140 Å². The van der Waals surface area contributed by atoms with Crippen molar-refractivity contribution < 1.29 is 4.79 Å². The van der Waals surface area contributed by atoms with E-state index >= 15 is 0 Å². The number of nitrogens with one attached hydrogen (secondary N) is 2. The Morgan fingerprint density at radius 1 is 1.30 bits per heavy atom. The van der Waals surface area contributed by atoms with Crippen molar-refractivity contribution in [2.45, 2.75) is 31.8 Å². The number of urea groups is 1. The predicted octanol–water partition coefficient (Wildman–Crippen LogP) is 2.57. The van der Waals surface area contributed by atoms with Gasteiger partial charge in [-0.25, -0.2) is 14.8 Å². The fourth-order valence-electron chi connectivity index (χ4n) is 2.71. The maximum absolute atomic E-state index is 12.1. The van der Waals surface area contributed by atoms with Gasteiger partial charge in [0.1, 0.15) is 0 Å². The van der Waals surface area contributed by atoms with E-state index in [1.807, 2.05) is 30.5 Å². The van der Waals surface area contributed by atoms with Gasteiger partial charge >= 0.3 is 6.03 Å². The third kappa shape index (κ3) is 4.19. The zero-order chi connectivity index (χ0) is 16.1. The number of hydrogen-bond acceptors (Lipinski definition) is 5. The van der Waals surface area contributed by atoms with E-state index in [-0.39, 0.29) is 18.1 Å². The summed E-state index contributed by atoms with van der Waals surface area (Å²) < 4.78 is 0. The number of carbonyl (C=O) groups excluding carboxylic acids is 1. The molecule has 0 aromatic carbocycles. The van der Waals surface area contributed by atoms with Crippen LogP contribution in [0.2, 0.25) is 0 Å². The maximum atomic E-state index is 12.1. The van der Waals surface area contributed by atoms with Crippen LogP contribution < -0.4 is 15.5 Å². The van der Waals surface area contributed by atoms with Crippen LogP contribution in [-0.2, 0) is 0 Å². The van der Waals surface area contributed by atoms with Gasteiger partial charge in [0.15, 0.2) is 0 Å². The summed E-state index contributed by atoms with van der Waals surface area (Å²) >= 11 is 1.65. The van der Waals surface area contributed by atoms with Crippen LogP contribution in [0.4, 0.5) is 10.7 Å². The van der Waals surface area contributed by atoms with E-state index in [4.69, 9.17) is 0 Å². The summed E-state index contributed by atoms with van der Waals surface area (Å²) in [5.74, 6) is 0.765. The highest BCUT2D eigenvalue weighted by Crippen LogP contribution is 2.18. The molecule has 2 aromatic heterocycles. The molecule has 0 bridgehead atoms. The molecule has 0 radical (unpaired) electrons. The number of nitrogens with zero attached hydrogens (tertiary/aromatic N) is 3. The lowest BCUT2D eigenvalue weighted by atomic mass is 10.1. The van der Waals surface area contributed by atoms with Crippen LogP contribution in [0.15, 0.2) is 36.0 Å². The van der Waals surface area contributed by atoms with Crippen molar-refractivity contribution in [3.8, 4) is 0 Å². The minimum absolute atomic E-state index is 0.0350. The number of anilines is 1. The summed E-state index contributed by atoms with van der Waals surface area (Å²) in [6, 6.07) is 5.99. The largest absolute Gasteiger partial charge is 0.341 e. The van der Waals surface area contributed by atoms with Crippen molar-refractivity contribution >= 4 is 23.3 Å². The monoisotopic (exact) mass is 331 g/mol. The fourth-order valence-corrected chi connectivity index (χ4v) is 3.45. The van der Waals surface area contributed by atoms with Crippen LogP contribution in [0.5, 0.6) is 0 Å². The molecule has 2 amide bonds. The molecule has 23 heavy (non-hydrogen) atoms. The number of carbonyl (C=O) groups is 1. The Hall–Kier alpha value is -2.15. The Morgan fingerprint density at radius 2 is 2.04 bits per heavy atom. The highest BCUT2D eigenvalue weighted by Gasteiger charge is 2.22. The first-order chi connectivity index (χ1) is 11.2. The molecule has 0 aliphatic carbocycles. The third-order valence-corrected chi connectivity index (χ3v) is 5.04. The second-order valence-corrected chi connectivity index (χ2v) is 6.64. The van der Waals surface area contributed by atoms with Gasteiger partial charge in [0, 0.05) is 36.4 Å². The Kier molecular flexibility index (Phi) is 5.07. The lowest BCUT2D eigenvalue weighted by Crippen LogP contribution is -2.48. The number of aromatic nitrogens is 2. The van der Waals surface area contributed by atoms with E-state index in [2.05, 4.69) is 25.5 Å². The summed E-state index contributed by atoms with van der Waals surface area (Å²) in [4.78, 5) is 24.0. The fraction of sp³-hybridized carbons (Fsp3) is 0.438. The molecule has 2 aromatic rings. The van der Waals surface area contributed by atoms with Gasteiger partial charge in [-0.2, -0.15) is 0 Å². The van der Waals surface area contributed by atoms with Crippen LogP contribution >= 0.6 is 11.3 Å². The molecule has 7 heteroatoms. The summed E-state index contributed by atoms with van der Waals surface area (Å²) in [7, 11) is 0. The van der Waals surface area contributed by atoms with Gasteiger partial charge in [-0.3, -0.25) is 0 Å². The topological polar surface area (TPSA) is 70.2 Å². The average molecular weight is 331 g/mol. The number of rotatable bonds is 4. The molecule has 0 saturated carbocycles. The highest BCUT2D eigenvalue weighted by molar-refractivity contribution is 7.10. The maximum Gasteiger partial charge on any atom is 0.315 e. The first-order valence-corrected chi connectivity index (χ1v) is 8.73. The Morgan fingerprint density at radius 3 is 2.70 bits per heavy atom. The van der Waals surface area contributed by atoms with E-state index in [0.29, 0.717) is 0 Å². The van der Waals surface area contributed by atoms with Gasteiger partial charge in [0.2, 0.25) is 5.95 Å². The van der Waals surface area contributed by atoms with Gasteiger partial charge < -0.3 is 15.5 Å².